The lowest BCUT2D eigenvalue weighted by Gasteiger charge is -2.11. The smallest absolute Gasteiger partial charge is 0.325 e. The van der Waals surface area contributed by atoms with E-state index in [1.165, 1.54) is 6.07 Å². The van der Waals surface area contributed by atoms with Gasteiger partial charge in [-0.3, -0.25) is 14.4 Å². The van der Waals surface area contributed by atoms with Crippen molar-refractivity contribution in [1.82, 2.24) is 5.32 Å². The molecule has 0 fully saturated rings. The Morgan fingerprint density at radius 1 is 1.14 bits per heavy atom. The Balaban J connectivity index is 1.79. The van der Waals surface area contributed by atoms with Gasteiger partial charge in [-0.15, -0.1) is 0 Å². The number of rotatable bonds is 8. The van der Waals surface area contributed by atoms with Crippen LogP contribution in [-0.2, 0) is 14.3 Å². The zero-order valence-corrected chi connectivity index (χ0v) is 15.7. The Kier molecular flexibility index (Phi) is 7.76. The summed E-state index contributed by atoms with van der Waals surface area (Å²) in [6.45, 7) is 1.16. The van der Waals surface area contributed by atoms with Gasteiger partial charge >= 0.3 is 5.97 Å². The van der Waals surface area contributed by atoms with Crippen molar-refractivity contribution in [3.8, 4) is 5.75 Å². The fraction of sp³-hybridized carbons (Fsp3) is 0.211. The highest BCUT2D eigenvalue weighted by atomic mass is 35.5. The summed E-state index contributed by atoms with van der Waals surface area (Å²) in [4.78, 5) is 35.7. The van der Waals surface area contributed by atoms with Crippen molar-refractivity contribution in [2.75, 3.05) is 25.1 Å². The number of carbonyl (C=O) groups excluding carboxylic acids is 3. The van der Waals surface area contributed by atoms with Gasteiger partial charge in [-0.2, -0.15) is 0 Å². The molecule has 0 heterocycles. The normalized spacial score (nSPS) is 10.1. The number of halogens is 2. The average molecular weight is 409 g/mol. The first-order valence-electron chi connectivity index (χ1n) is 8.31. The highest BCUT2D eigenvalue weighted by Gasteiger charge is 2.14. The maximum absolute atomic E-state index is 13.0. The highest BCUT2D eigenvalue weighted by Crippen LogP contribution is 2.22. The first-order valence-corrected chi connectivity index (χ1v) is 8.69. The number of nitrogens with one attached hydrogen (secondary N) is 2. The van der Waals surface area contributed by atoms with Crippen LogP contribution in [0, 0.1) is 5.82 Å². The molecule has 0 atom stereocenters. The minimum Gasteiger partial charge on any atom is -0.493 e. The summed E-state index contributed by atoms with van der Waals surface area (Å²) in [5.74, 6) is -2.12. The summed E-state index contributed by atoms with van der Waals surface area (Å²) in [7, 11) is 0. The maximum Gasteiger partial charge on any atom is 0.325 e. The molecule has 2 rings (SSSR count). The molecule has 0 spiro atoms. The Hall–Kier alpha value is -3.13. The fourth-order valence-corrected chi connectivity index (χ4v) is 2.37. The summed E-state index contributed by atoms with van der Waals surface area (Å²) >= 11 is 5.79. The van der Waals surface area contributed by atoms with Crippen LogP contribution in [0.3, 0.4) is 0 Å². The second kappa shape index (κ2) is 10.3. The molecule has 0 aliphatic rings. The molecule has 0 saturated heterocycles. The molecule has 148 valence electrons. The molecule has 0 saturated carbocycles. The quantitative estimate of drug-likeness (QED) is 0.655. The van der Waals surface area contributed by atoms with Gasteiger partial charge in [0.1, 0.15) is 18.1 Å². The summed E-state index contributed by atoms with van der Waals surface area (Å²) in [5, 5.41) is 4.80. The molecule has 0 aliphatic heterocycles. The molecule has 28 heavy (non-hydrogen) atoms. The van der Waals surface area contributed by atoms with Crippen LogP contribution in [0.4, 0.5) is 10.1 Å². The lowest BCUT2D eigenvalue weighted by molar-refractivity contribution is -0.146. The predicted octanol–water partition coefficient (Wildman–Crippen LogP) is 2.79. The maximum atomic E-state index is 13.0. The second-order valence-corrected chi connectivity index (χ2v) is 5.85. The van der Waals surface area contributed by atoms with Crippen LogP contribution in [0.1, 0.15) is 17.3 Å². The largest absolute Gasteiger partial charge is 0.493 e. The number of amides is 2. The van der Waals surface area contributed by atoms with Crippen LogP contribution < -0.4 is 15.4 Å². The van der Waals surface area contributed by atoms with Crippen LogP contribution in [-0.4, -0.2) is 37.5 Å². The van der Waals surface area contributed by atoms with Crippen molar-refractivity contribution < 1.29 is 28.2 Å². The van der Waals surface area contributed by atoms with Crippen molar-refractivity contribution in [2.45, 2.75) is 6.92 Å². The monoisotopic (exact) mass is 408 g/mol. The van der Waals surface area contributed by atoms with Crippen molar-refractivity contribution in [1.29, 1.82) is 0 Å². The molecule has 0 bridgehead atoms. The summed E-state index contributed by atoms with van der Waals surface area (Å²) < 4.78 is 23.1. The molecular formula is C19H18ClFN2O5. The SMILES string of the molecule is CCOc1ccccc1C(=O)NCC(=O)OCC(=O)Nc1ccc(F)cc1Cl. The third kappa shape index (κ3) is 6.24. The molecular weight excluding hydrogens is 391 g/mol. The van der Waals surface area contributed by atoms with E-state index in [1.807, 2.05) is 0 Å². The third-order valence-corrected chi connectivity index (χ3v) is 3.71. The van der Waals surface area contributed by atoms with Gasteiger partial charge in [0.05, 0.1) is 22.9 Å². The van der Waals surface area contributed by atoms with Crippen LogP contribution in [0.5, 0.6) is 5.75 Å². The number of hydrogen-bond donors (Lipinski definition) is 2. The van der Waals surface area contributed by atoms with Crippen LogP contribution in [0.2, 0.25) is 5.02 Å². The molecule has 0 aliphatic carbocycles. The van der Waals surface area contributed by atoms with Crippen molar-refractivity contribution >= 4 is 35.1 Å². The fourth-order valence-electron chi connectivity index (χ4n) is 2.16. The van der Waals surface area contributed by atoms with E-state index in [-0.39, 0.29) is 16.3 Å². The standard InChI is InChI=1S/C19H18ClFN2O5/c1-2-27-16-6-4-3-5-13(16)19(26)22-10-18(25)28-11-17(24)23-15-8-7-12(21)9-14(15)20/h3-9H,2,10-11H2,1H3,(H,22,26)(H,23,24). The van der Waals surface area contributed by atoms with Gasteiger partial charge < -0.3 is 20.1 Å². The molecule has 2 N–H and O–H groups in total. The first kappa shape index (κ1) is 21.2. The van der Waals surface area contributed by atoms with Crippen LogP contribution in [0.15, 0.2) is 42.5 Å². The number of esters is 1. The number of ether oxygens (including phenoxy) is 2. The second-order valence-electron chi connectivity index (χ2n) is 5.44. The summed E-state index contributed by atoms with van der Waals surface area (Å²) in [5.41, 5.74) is 0.464. The lowest BCUT2D eigenvalue weighted by atomic mass is 10.2. The van der Waals surface area contributed by atoms with Gasteiger partial charge in [-0.25, -0.2) is 4.39 Å². The van der Waals surface area contributed by atoms with Crippen LogP contribution in [0.25, 0.3) is 0 Å². The van der Waals surface area contributed by atoms with E-state index in [2.05, 4.69) is 10.6 Å². The number of anilines is 1. The summed E-state index contributed by atoms with van der Waals surface area (Å²) in [6.07, 6.45) is 0. The lowest BCUT2D eigenvalue weighted by Crippen LogP contribution is -2.32. The van der Waals surface area contributed by atoms with E-state index < -0.39 is 36.8 Å². The Bertz CT molecular complexity index is 875. The molecule has 2 aromatic carbocycles. The van der Waals surface area contributed by atoms with E-state index >= 15 is 0 Å². The Labute approximate surface area is 165 Å². The zero-order chi connectivity index (χ0) is 20.5. The summed E-state index contributed by atoms with van der Waals surface area (Å²) in [6, 6.07) is 10.0. The van der Waals surface area contributed by atoms with Gasteiger partial charge in [0.15, 0.2) is 6.61 Å². The zero-order valence-electron chi connectivity index (χ0n) is 15.0. The molecule has 0 radical (unpaired) electrons. The van der Waals surface area contributed by atoms with Gasteiger partial charge in [0.2, 0.25) is 0 Å². The van der Waals surface area contributed by atoms with Crippen molar-refractivity contribution in [2.24, 2.45) is 0 Å². The van der Waals surface area contributed by atoms with E-state index in [0.717, 1.165) is 12.1 Å². The van der Waals surface area contributed by atoms with E-state index in [0.29, 0.717) is 12.4 Å². The molecule has 7 nitrogen and oxygen atoms in total. The Morgan fingerprint density at radius 3 is 2.61 bits per heavy atom. The first-order chi connectivity index (χ1) is 13.4. The van der Waals surface area contributed by atoms with E-state index in [1.54, 1.807) is 31.2 Å². The van der Waals surface area contributed by atoms with Crippen molar-refractivity contribution in [3.05, 3.63) is 58.9 Å². The van der Waals surface area contributed by atoms with Gasteiger partial charge in [-0.1, -0.05) is 23.7 Å². The van der Waals surface area contributed by atoms with Gasteiger partial charge in [0.25, 0.3) is 11.8 Å². The molecule has 2 amide bonds. The topological polar surface area (TPSA) is 93.7 Å². The minimum atomic E-state index is -0.803. The van der Waals surface area contributed by atoms with Gasteiger partial charge in [0, 0.05) is 0 Å². The van der Waals surface area contributed by atoms with Gasteiger partial charge in [-0.05, 0) is 37.3 Å². The molecule has 2 aromatic rings. The number of carbonyl (C=O) groups is 3. The minimum absolute atomic E-state index is 0.0138. The number of benzene rings is 2. The third-order valence-electron chi connectivity index (χ3n) is 3.39. The number of para-hydroxylation sites is 1. The Morgan fingerprint density at radius 2 is 1.89 bits per heavy atom. The molecule has 0 unspecified atom stereocenters. The number of hydrogen-bond acceptors (Lipinski definition) is 5. The highest BCUT2D eigenvalue weighted by molar-refractivity contribution is 6.33. The van der Waals surface area contributed by atoms with E-state index in [4.69, 9.17) is 21.1 Å². The molecule has 9 heteroatoms. The van der Waals surface area contributed by atoms with Crippen LogP contribution >= 0.6 is 11.6 Å². The molecule has 0 aromatic heterocycles. The predicted molar refractivity (Wildman–Crippen MR) is 101 cm³/mol. The average Bonchev–Trinajstić information content (AvgIpc) is 2.67. The van der Waals surface area contributed by atoms with Crippen molar-refractivity contribution in [3.63, 3.8) is 0 Å². The van der Waals surface area contributed by atoms with E-state index in [9.17, 15) is 18.8 Å².